The second-order valence-electron chi connectivity index (χ2n) is 3.48. The zero-order chi connectivity index (χ0) is 11.0. The van der Waals surface area contributed by atoms with E-state index in [1.54, 1.807) is 11.3 Å². The highest BCUT2D eigenvalue weighted by molar-refractivity contribution is 9.10. The van der Waals surface area contributed by atoms with Gasteiger partial charge in [-0.05, 0) is 53.7 Å². The molecule has 0 aliphatic carbocycles. The van der Waals surface area contributed by atoms with Crippen LogP contribution >= 0.6 is 27.3 Å². The summed E-state index contributed by atoms with van der Waals surface area (Å²) in [6.45, 7) is 6.11. The molecule has 0 spiro atoms. The highest BCUT2D eigenvalue weighted by Crippen LogP contribution is 2.28. The van der Waals surface area contributed by atoms with Crippen molar-refractivity contribution in [1.82, 2.24) is 9.97 Å². The summed E-state index contributed by atoms with van der Waals surface area (Å²) < 4.78 is 0.887. The summed E-state index contributed by atoms with van der Waals surface area (Å²) in [4.78, 5) is 10.1. The predicted molar refractivity (Wildman–Crippen MR) is 67.3 cm³/mol. The Balaban J connectivity index is 2.60. The van der Waals surface area contributed by atoms with Gasteiger partial charge in [-0.3, -0.25) is 0 Å². The lowest BCUT2D eigenvalue weighted by molar-refractivity contribution is 1.05. The fourth-order valence-electron chi connectivity index (χ4n) is 1.30. The van der Waals surface area contributed by atoms with Gasteiger partial charge in [-0.1, -0.05) is 0 Å². The van der Waals surface area contributed by atoms with Crippen molar-refractivity contribution in [3.8, 4) is 10.7 Å². The van der Waals surface area contributed by atoms with Crippen LogP contribution in [0, 0.1) is 20.8 Å². The Morgan fingerprint density at radius 2 is 1.93 bits per heavy atom. The van der Waals surface area contributed by atoms with Gasteiger partial charge in [0, 0.05) is 11.3 Å². The number of thiophene rings is 1. The van der Waals surface area contributed by atoms with Gasteiger partial charge < -0.3 is 0 Å². The molecule has 0 bridgehead atoms. The number of hydrogen-bond donors (Lipinski definition) is 0. The summed E-state index contributed by atoms with van der Waals surface area (Å²) in [6.07, 6.45) is 0. The molecule has 2 aromatic rings. The molecule has 2 rings (SSSR count). The smallest absolute Gasteiger partial charge is 0.171 e. The Morgan fingerprint density at radius 3 is 2.47 bits per heavy atom. The molecule has 4 heteroatoms. The molecule has 0 aromatic carbocycles. The van der Waals surface area contributed by atoms with E-state index in [-0.39, 0.29) is 0 Å². The van der Waals surface area contributed by atoms with Crippen LogP contribution in [-0.4, -0.2) is 9.97 Å². The van der Waals surface area contributed by atoms with E-state index < -0.39 is 0 Å². The van der Waals surface area contributed by atoms with Gasteiger partial charge in [-0.2, -0.15) is 0 Å². The highest BCUT2D eigenvalue weighted by Gasteiger charge is 2.10. The molecule has 0 aliphatic heterocycles. The molecule has 0 atom stereocenters. The predicted octanol–water partition coefficient (Wildman–Crippen LogP) is 3.89. The van der Waals surface area contributed by atoms with E-state index in [1.807, 2.05) is 13.8 Å². The maximum Gasteiger partial charge on any atom is 0.171 e. The molecule has 2 aromatic heterocycles. The number of halogens is 1. The monoisotopic (exact) mass is 282 g/mol. The van der Waals surface area contributed by atoms with E-state index in [1.165, 1.54) is 5.56 Å². The summed E-state index contributed by atoms with van der Waals surface area (Å²) in [5, 5.41) is 2.07. The third-order valence-electron chi connectivity index (χ3n) is 2.39. The molecular formula is C11H11BrN2S. The van der Waals surface area contributed by atoms with Crippen molar-refractivity contribution in [3.05, 3.63) is 32.9 Å². The lowest BCUT2D eigenvalue weighted by atomic mass is 10.2. The third-order valence-corrected chi connectivity index (χ3v) is 4.18. The molecule has 0 unspecified atom stereocenters. The van der Waals surface area contributed by atoms with Crippen molar-refractivity contribution in [2.45, 2.75) is 20.8 Å². The van der Waals surface area contributed by atoms with Gasteiger partial charge in [0.1, 0.15) is 4.60 Å². The number of aryl methyl sites for hydroxylation is 2. The molecule has 0 radical (unpaired) electrons. The second-order valence-corrected chi connectivity index (χ2v) is 5.15. The maximum absolute atomic E-state index is 4.51. The standard InChI is InChI=1S/C11H11BrN2S/c1-6-4-5-15-9(6)11-13-8(3)7(2)10(12)14-11/h4-5H,1-3H3. The van der Waals surface area contributed by atoms with Crippen LogP contribution in [0.3, 0.4) is 0 Å². The van der Waals surface area contributed by atoms with Crippen molar-refractivity contribution in [3.63, 3.8) is 0 Å². The number of nitrogens with zero attached hydrogens (tertiary/aromatic N) is 2. The number of hydrogen-bond acceptors (Lipinski definition) is 3. The lowest BCUT2D eigenvalue weighted by Crippen LogP contribution is -1.96. The van der Waals surface area contributed by atoms with Crippen molar-refractivity contribution in [2.24, 2.45) is 0 Å². The van der Waals surface area contributed by atoms with E-state index in [9.17, 15) is 0 Å². The van der Waals surface area contributed by atoms with Gasteiger partial charge >= 0.3 is 0 Å². The molecule has 0 fully saturated rings. The van der Waals surface area contributed by atoms with Gasteiger partial charge in [0.2, 0.25) is 0 Å². The minimum absolute atomic E-state index is 0.817. The molecule has 78 valence electrons. The second kappa shape index (κ2) is 4.02. The van der Waals surface area contributed by atoms with Gasteiger partial charge in [0.15, 0.2) is 5.82 Å². The first kappa shape index (κ1) is 10.8. The minimum Gasteiger partial charge on any atom is -0.232 e. The zero-order valence-corrected chi connectivity index (χ0v) is 11.2. The van der Waals surface area contributed by atoms with Crippen LogP contribution in [0.1, 0.15) is 16.8 Å². The Labute approximate surface area is 102 Å². The summed E-state index contributed by atoms with van der Waals surface area (Å²) in [5.74, 6) is 0.817. The van der Waals surface area contributed by atoms with Crippen LogP contribution in [0.2, 0.25) is 0 Å². The molecule has 0 N–H and O–H groups in total. The summed E-state index contributed by atoms with van der Waals surface area (Å²) in [6, 6.07) is 2.09. The van der Waals surface area contributed by atoms with Crippen molar-refractivity contribution >= 4 is 27.3 Å². The number of aromatic nitrogens is 2. The molecule has 0 saturated heterocycles. The number of rotatable bonds is 1. The molecule has 2 heterocycles. The van der Waals surface area contributed by atoms with Crippen LogP contribution < -0.4 is 0 Å². The molecule has 2 nitrogen and oxygen atoms in total. The molecule has 0 saturated carbocycles. The van der Waals surface area contributed by atoms with E-state index in [0.717, 1.165) is 26.6 Å². The summed E-state index contributed by atoms with van der Waals surface area (Å²) in [7, 11) is 0. The van der Waals surface area contributed by atoms with Crippen LogP contribution in [0.25, 0.3) is 10.7 Å². The summed E-state index contributed by atoms with van der Waals surface area (Å²) in [5.41, 5.74) is 3.36. The average molecular weight is 283 g/mol. The van der Waals surface area contributed by atoms with Crippen molar-refractivity contribution in [1.29, 1.82) is 0 Å². The van der Waals surface area contributed by atoms with E-state index in [0.29, 0.717) is 0 Å². The normalized spacial score (nSPS) is 10.7. The lowest BCUT2D eigenvalue weighted by Gasteiger charge is -2.05. The first-order chi connectivity index (χ1) is 7.09. The molecular weight excluding hydrogens is 272 g/mol. The Morgan fingerprint density at radius 1 is 1.20 bits per heavy atom. The Bertz CT molecular complexity index is 482. The topological polar surface area (TPSA) is 25.8 Å². The Kier molecular flexibility index (Phi) is 2.89. The van der Waals surface area contributed by atoms with Gasteiger partial charge in [-0.15, -0.1) is 11.3 Å². The third kappa shape index (κ3) is 1.96. The zero-order valence-electron chi connectivity index (χ0n) is 8.84. The van der Waals surface area contributed by atoms with E-state index in [4.69, 9.17) is 0 Å². The fraction of sp³-hybridized carbons (Fsp3) is 0.273. The van der Waals surface area contributed by atoms with E-state index >= 15 is 0 Å². The van der Waals surface area contributed by atoms with E-state index in [2.05, 4.69) is 44.3 Å². The SMILES string of the molecule is Cc1ccsc1-c1nc(C)c(C)c(Br)n1. The average Bonchev–Trinajstić information content (AvgIpc) is 2.60. The van der Waals surface area contributed by atoms with Crippen molar-refractivity contribution < 1.29 is 0 Å². The fourth-order valence-corrected chi connectivity index (χ4v) is 2.61. The van der Waals surface area contributed by atoms with Crippen LogP contribution in [0.4, 0.5) is 0 Å². The van der Waals surface area contributed by atoms with Gasteiger partial charge in [-0.25, -0.2) is 9.97 Å². The molecule has 0 amide bonds. The highest BCUT2D eigenvalue weighted by atomic mass is 79.9. The van der Waals surface area contributed by atoms with Crippen LogP contribution in [-0.2, 0) is 0 Å². The Hall–Kier alpha value is -0.740. The molecule has 15 heavy (non-hydrogen) atoms. The van der Waals surface area contributed by atoms with Crippen LogP contribution in [0.5, 0.6) is 0 Å². The first-order valence-corrected chi connectivity index (χ1v) is 6.32. The maximum atomic E-state index is 4.51. The van der Waals surface area contributed by atoms with Gasteiger partial charge in [0.05, 0.1) is 4.88 Å². The minimum atomic E-state index is 0.817. The van der Waals surface area contributed by atoms with Gasteiger partial charge in [0.25, 0.3) is 0 Å². The largest absolute Gasteiger partial charge is 0.232 e. The van der Waals surface area contributed by atoms with Crippen LogP contribution in [0.15, 0.2) is 16.0 Å². The molecule has 0 aliphatic rings. The van der Waals surface area contributed by atoms with Crippen molar-refractivity contribution in [2.75, 3.05) is 0 Å². The quantitative estimate of drug-likeness (QED) is 0.742. The first-order valence-electron chi connectivity index (χ1n) is 4.65. The summed E-state index contributed by atoms with van der Waals surface area (Å²) >= 11 is 5.14.